The highest BCUT2D eigenvalue weighted by Gasteiger charge is 2.36. The van der Waals surface area contributed by atoms with E-state index in [4.69, 9.17) is 9.47 Å². The summed E-state index contributed by atoms with van der Waals surface area (Å²) in [5.74, 6) is -0.610. The summed E-state index contributed by atoms with van der Waals surface area (Å²) in [5, 5.41) is 2.80. The average Bonchev–Trinajstić information content (AvgIpc) is 2.29. The molecule has 0 saturated carbocycles. The van der Waals surface area contributed by atoms with Crippen LogP contribution in [0.25, 0.3) is 0 Å². The highest BCUT2D eigenvalue weighted by Crippen LogP contribution is 2.18. The first-order valence-electron chi connectivity index (χ1n) is 7.07. The molecule has 2 unspecified atom stereocenters. The Kier molecular flexibility index (Phi) is 5.80. The van der Waals surface area contributed by atoms with Crippen LogP contribution < -0.4 is 5.32 Å². The minimum atomic E-state index is -0.547. The smallest absolute Gasteiger partial charge is 0.407 e. The largest absolute Gasteiger partial charge is 0.466 e. The molecule has 1 aliphatic heterocycles. The Hall–Kier alpha value is -1.30. The van der Waals surface area contributed by atoms with Crippen molar-refractivity contribution >= 4 is 12.1 Å². The second kappa shape index (κ2) is 6.92. The van der Waals surface area contributed by atoms with E-state index in [1.54, 1.807) is 6.92 Å². The maximum atomic E-state index is 12.0. The second-order valence-electron chi connectivity index (χ2n) is 6.16. The fraction of sp³-hybridized carbons (Fsp3) is 0.857. The summed E-state index contributed by atoms with van der Waals surface area (Å²) in [4.78, 5) is 25.9. The van der Waals surface area contributed by atoms with Gasteiger partial charge in [0, 0.05) is 12.6 Å². The molecule has 1 rings (SSSR count). The summed E-state index contributed by atoms with van der Waals surface area (Å²) in [7, 11) is 1.95. The molecule has 1 saturated heterocycles. The number of nitrogens with zero attached hydrogens (tertiary/aromatic N) is 1. The van der Waals surface area contributed by atoms with Crippen LogP contribution in [0.1, 0.15) is 34.1 Å². The molecule has 0 aliphatic carbocycles. The van der Waals surface area contributed by atoms with Gasteiger partial charge < -0.3 is 19.7 Å². The van der Waals surface area contributed by atoms with E-state index in [-0.39, 0.29) is 17.9 Å². The van der Waals surface area contributed by atoms with Crippen LogP contribution >= 0.6 is 0 Å². The van der Waals surface area contributed by atoms with Gasteiger partial charge in [0.05, 0.1) is 12.5 Å². The first-order chi connectivity index (χ1) is 9.23. The highest BCUT2D eigenvalue weighted by molar-refractivity contribution is 5.75. The molecular formula is C14H26N2O4. The van der Waals surface area contributed by atoms with Gasteiger partial charge in [-0.05, 0) is 47.7 Å². The van der Waals surface area contributed by atoms with Gasteiger partial charge in [-0.15, -0.1) is 0 Å². The molecule has 6 nitrogen and oxygen atoms in total. The van der Waals surface area contributed by atoms with Gasteiger partial charge in [0.2, 0.25) is 0 Å². The summed E-state index contributed by atoms with van der Waals surface area (Å²) < 4.78 is 10.3. The third-order valence-corrected chi connectivity index (χ3v) is 3.11. The molecule has 1 heterocycles. The van der Waals surface area contributed by atoms with Crippen molar-refractivity contribution in [2.24, 2.45) is 5.92 Å². The number of hydrogen-bond acceptors (Lipinski definition) is 5. The standard InChI is InChI=1S/C14H26N2O4/c1-6-19-12(17)10-9-16(5)8-7-11(10)15-13(18)20-14(2,3)4/h10-11H,6-9H2,1-5H3,(H,15,18). The van der Waals surface area contributed by atoms with Crippen molar-refractivity contribution in [2.45, 2.75) is 45.8 Å². The van der Waals surface area contributed by atoms with Crippen molar-refractivity contribution in [3.05, 3.63) is 0 Å². The summed E-state index contributed by atoms with van der Waals surface area (Å²) in [5.41, 5.74) is -0.547. The molecule has 0 radical (unpaired) electrons. The second-order valence-corrected chi connectivity index (χ2v) is 6.16. The van der Waals surface area contributed by atoms with E-state index in [1.165, 1.54) is 0 Å². The molecule has 0 aromatic heterocycles. The van der Waals surface area contributed by atoms with Crippen LogP contribution in [0.3, 0.4) is 0 Å². The van der Waals surface area contributed by atoms with E-state index >= 15 is 0 Å². The first kappa shape index (κ1) is 16.8. The minimum absolute atomic E-state index is 0.236. The van der Waals surface area contributed by atoms with Gasteiger partial charge in [0.15, 0.2) is 0 Å². The zero-order chi connectivity index (χ0) is 15.3. The Morgan fingerprint density at radius 2 is 2.00 bits per heavy atom. The fourth-order valence-electron chi connectivity index (χ4n) is 2.23. The lowest BCUT2D eigenvalue weighted by molar-refractivity contribution is -0.150. The van der Waals surface area contributed by atoms with Crippen LogP contribution in [0.2, 0.25) is 0 Å². The van der Waals surface area contributed by atoms with Gasteiger partial charge in [0.1, 0.15) is 5.60 Å². The molecule has 0 aromatic rings. The summed E-state index contributed by atoms with van der Waals surface area (Å²) in [6.07, 6.45) is 0.223. The third kappa shape index (κ3) is 5.36. The molecule has 20 heavy (non-hydrogen) atoms. The monoisotopic (exact) mass is 286 g/mol. The molecule has 6 heteroatoms. The van der Waals surface area contributed by atoms with E-state index in [1.807, 2.05) is 27.8 Å². The first-order valence-corrected chi connectivity index (χ1v) is 7.07. The predicted molar refractivity (Wildman–Crippen MR) is 75.4 cm³/mol. The zero-order valence-electron chi connectivity index (χ0n) is 13.1. The van der Waals surface area contributed by atoms with Crippen LogP contribution in [0, 0.1) is 5.92 Å². The molecule has 2 atom stereocenters. The van der Waals surface area contributed by atoms with Gasteiger partial charge in [-0.25, -0.2) is 4.79 Å². The summed E-state index contributed by atoms with van der Waals surface area (Å²) >= 11 is 0. The molecule has 1 aliphatic rings. The number of rotatable bonds is 3. The van der Waals surface area contributed by atoms with Crippen LogP contribution in [0.5, 0.6) is 0 Å². The Morgan fingerprint density at radius 1 is 1.35 bits per heavy atom. The van der Waals surface area contributed by atoms with Gasteiger partial charge in [-0.1, -0.05) is 0 Å². The number of carbonyl (C=O) groups excluding carboxylic acids is 2. The Morgan fingerprint density at radius 3 is 2.55 bits per heavy atom. The van der Waals surface area contributed by atoms with Gasteiger partial charge >= 0.3 is 12.1 Å². The van der Waals surface area contributed by atoms with Crippen molar-refractivity contribution < 1.29 is 19.1 Å². The summed E-state index contributed by atoms with van der Waals surface area (Å²) in [6, 6.07) is -0.236. The molecule has 1 fully saturated rings. The number of piperidine rings is 1. The number of nitrogens with one attached hydrogen (secondary N) is 1. The molecule has 0 spiro atoms. The Labute approximate surface area is 120 Å². The van der Waals surface area contributed by atoms with Crippen molar-refractivity contribution in [3.63, 3.8) is 0 Å². The number of likely N-dealkylation sites (tertiary alicyclic amines) is 1. The normalized spacial score (nSPS) is 24.1. The fourth-order valence-corrected chi connectivity index (χ4v) is 2.23. The number of hydrogen-bond donors (Lipinski definition) is 1. The number of amides is 1. The number of alkyl carbamates (subject to hydrolysis) is 1. The lowest BCUT2D eigenvalue weighted by Crippen LogP contribution is -2.53. The maximum absolute atomic E-state index is 12.0. The van der Waals surface area contributed by atoms with E-state index in [0.29, 0.717) is 19.6 Å². The number of ether oxygens (including phenoxy) is 2. The third-order valence-electron chi connectivity index (χ3n) is 3.11. The van der Waals surface area contributed by atoms with Crippen LogP contribution in [0.4, 0.5) is 4.79 Å². The zero-order valence-corrected chi connectivity index (χ0v) is 13.1. The minimum Gasteiger partial charge on any atom is -0.466 e. The highest BCUT2D eigenvalue weighted by atomic mass is 16.6. The van der Waals surface area contributed by atoms with Crippen molar-refractivity contribution in [1.82, 2.24) is 10.2 Å². The molecule has 0 bridgehead atoms. The Balaban J connectivity index is 2.64. The molecule has 116 valence electrons. The van der Waals surface area contributed by atoms with Gasteiger partial charge in [-0.3, -0.25) is 4.79 Å². The lowest BCUT2D eigenvalue weighted by atomic mass is 9.92. The molecule has 1 N–H and O–H groups in total. The van der Waals surface area contributed by atoms with Crippen LogP contribution in [-0.4, -0.2) is 55.3 Å². The quantitative estimate of drug-likeness (QED) is 0.794. The van der Waals surface area contributed by atoms with Crippen LogP contribution in [0.15, 0.2) is 0 Å². The molecule has 0 aromatic carbocycles. The van der Waals surface area contributed by atoms with Crippen molar-refractivity contribution in [1.29, 1.82) is 0 Å². The van der Waals surface area contributed by atoms with Crippen molar-refractivity contribution in [3.8, 4) is 0 Å². The number of carbonyl (C=O) groups is 2. The molecular weight excluding hydrogens is 260 g/mol. The van der Waals surface area contributed by atoms with E-state index < -0.39 is 11.7 Å². The lowest BCUT2D eigenvalue weighted by Gasteiger charge is -2.35. The maximum Gasteiger partial charge on any atom is 0.407 e. The predicted octanol–water partition coefficient (Wildman–Crippen LogP) is 1.39. The average molecular weight is 286 g/mol. The van der Waals surface area contributed by atoms with Crippen LogP contribution in [-0.2, 0) is 14.3 Å². The van der Waals surface area contributed by atoms with Crippen molar-refractivity contribution in [2.75, 3.05) is 26.7 Å². The number of esters is 1. The molecule has 1 amide bonds. The SMILES string of the molecule is CCOC(=O)C1CN(C)CCC1NC(=O)OC(C)(C)C. The van der Waals surface area contributed by atoms with Gasteiger partial charge in [0.25, 0.3) is 0 Å². The van der Waals surface area contributed by atoms with E-state index in [0.717, 1.165) is 6.54 Å². The topological polar surface area (TPSA) is 67.9 Å². The Bertz CT molecular complexity index is 352. The van der Waals surface area contributed by atoms with E-state index in [2.05, 4.69) is 10.2 Å². The van der Waals surface area contributed by atoms with E-state index in [9.17, 15) is 9.59 Å². The van der Waals surface area contributed by atoms with Gasteiger partial charge in [-0.2, -0.15) is 0 Å². The summed E-state index contributed by atoms with van der Waals surface area (Å²) in [6.45, 7) is 8.97.